The van der Waals surface area contributed by atoms with Crippen LogP contribution in [0.5, 0.6) is 28.7 Å². The van der Waals surface area contributed by atoms with E-state index < -0.39 is 60.3 Å². The molecule has 15 heteroatoms. The van der Waals surface area contributed by atoms with Gasteiger partial charge in [0.1, 0.15) is 11.8 Å². The van der Waals surface area contributed by atoms with Crippen LogP contribution in [0.3, 0.4) is 0 Å². The summed E-state index contributed by atoms with van der Waals surface area (Å²) in [4.78, 5) is 41.6. The fourth-order valence-electron chi connectivity index (χ4n) is 8.39. The van der Waals surface area contributed by atoms with E-state index in [2.05, 4.69) is 16.3 Å². The number of alkyl halides is 3. The zero-order valence-electron chi connectivity index (χ0n) is 28.6. The van der Waals surface area contributed by atoms with Crippen LogP contribution in [0.15, 0.2) is 6.07 Å². The summed E-state index contributed by atoms with van der Waals surface area (Å²) in [5.41, 5.74) is 3.91. The van der Waals surface area contributed by atoms with Crippen LogP contribution in [0, 0.1) is 31.1 Å². The van der Waals surface area contributed by atoms with Crippen LogP contribution in [0.1, 0.15) is 72.2 Å². The van der Waals surface area contributed by atoms with Crippen LogP contribution in [-0.4, -0.2) is 84.4 Å². The van der Waals surface area contributed by atoms with Gasteiger partial charge in [0.15, 0.2) is 23.0 Å². The number of likely N-dealkylation sites (N-methyl/N-ethyl adjacent to an activating group) is 1. The fourth-order valence-corrected chi connectivity index (χ4v) is 8.39. The standard InChI is InChI=1S/C35H39F3N4O8/c1-15-9-19-7-8-21-23(12-39)42-22(28(41(21)5)26(19)29(45)30(15)47-6)11-20-27(33-32(48-14-49-33)17(3)31(20)50-18(4)43)24(42)13-40-34(46)16(2)10-25(44)35(36,37)38/h9,16,21-24,28,45H,7-8,10-11,13-14H2,1-6H3,(H,40,46)/t16?,21-,22?,23-,24-,28-/m0/s1. The van der Waals surface area contributed by atoms with Gasteiger partial charge in [0.05, 0.1) is 25.3 Å². The van der Waals surface area contributed by atoms with Crippen molar-refractivity contribution in [2.24, 2.45) is 5.92 Å². The molecule has 2 bridgehead atoms. The topological polar surface area (TPSA) is 151 Å². The first-order chi connectivity index (χ1) is 23.6. The molecule has 6 atom stereocenters. The van der Waals surface area contributed by atoms with Crippen molar-refractivity contribution in [2.45, 2.75) is 89.8 Å². The number of ketones is 1. The quantitative estimate of drug-likeness (QED) is 0.318. The number of Topliss-reactive ketones (excluding diaryl/α,β-unsaturated/α-hetero) is 1. The summed E-state index contributed by atoms with van der Waals surface area (Å²) in [6, 6.07) is 1.48. The molecule has 1 amide bonds. The molecular weight excluding hydrogens is 661 g/mol. The predicted molar refractivity (Wildman–Crippen MR) is 170 cm³/mol. The molecule has 2 unspecified atom stereocenters. The first-order valence-electron chi connectivity index (χ1n) is 16.4. The molecule has 4 aliphatic rings. The van der Waals surface area contributed by atoms with Crippen molar-refractivity contribution in [2.75, 3.05) is 27.5 Å². The van der Waals surface area contributed by atoms with Crippen LogP contribution in [0.2, 0.25) is 0 Å². The number of hydrogen-bond donors (Lipinski definition) is 2. The van der Waals surface area contributed by atoms with Gasteiger partial charge in [-0.05, 0) is 51.3 Å². The maximum Gasteiger partial charge on any atom is 0.449 e. The monoisotopic (exact) mass is 700 g/mol. The number of halogens is 3. The second kappa shape index (κ2) is 13.0. The summed E-state index contributed by atoms with van der Waals surface area (Å²) in [6.07, 6.45) is -4.77. The molecular formula is C35H39F3N4O8. The number of hydrogen-bond acceptors (Lipinski definition) is 11. The summed E-state index contributed by atoms with van der Waals surface area (Å²) in [5, 5.41) is 25.3. The molecule has 6 rings (SSSR count). The maximum atomic E-state index is 13.3. The number of aromatic hydroxyl groups is 1. The molecule has 0 aliphatic carbocycles. The van der Waals surface area contributed by atoms with Gasteiger partial charge in [-0.15, -0.1) is 0 Å². The van der Waals surface area contributed by atoms with Crippen LogP contribution in [0.4, 0.5) is 13.2 Å². The Balaban J connectivity index is 1.53. The molecule has 12 nitrogen and oxygen atoms in total. The van der Waals surface area contributed by atoms with Gasteiger partial charge in [-0.3, -0.25) is 24.2 Å². The van der Waals surface area contributed by atoms with Crippen molar-refractivity contribution in [1.82, 2.24) is 15.1 Å². The number of nitrogens with one attached hydrogen (secondary N) is 1. The smallest absolute Gasteiger partial charge is 0.449 e. The minimum atomic E-state index is -5.08. The molecule has 4 heterocycles. The van der Waals surface area contributed by atoms with Crippen molar-refractivity contribution >= 4 is 17.7 Å². The Labute approximate surface area is 287 Å². The molecule has 1 fully saturated rings. The van der Waals surface area contributed by atoms with Gasteiger partial charge >= 0.3 is 12.1 Å². The summed E-state index contributed by atoms with van der Waals surface area (Å²) in [6.45, 7) is 5.76. The largest absolute Gasteiger partial charge is 0.504 e. The molecule has 2 aromatic rings. The first-order valence-corrected chi connectivity index (χ1v) is 16.4. The molecule has 2 aromatic carbocycles. The lowest BCUT2D eigenvalue weighted by Crippen LogP contribution is -2.66. The third-order valence-electron chi connectivity index (χ3n) is 10.5. The number of nitriles is 1. The number of aryl methyl sites for hydroxylation is 2. The zero-order chi connectivity index (χ0) is 36.4. The van der Waals surface area contributed by atoms with Gasteiger partial charge < -0.3 is 29.4 Å². The SMILES string of the molecule is COc1c(C)cc2c(c1O)[C@@H]1C3Cc4c(OC(C)=O)c(C)c5c(c4[C@H](CNC(=O)C(C)CC(=O)C(F)(F)F)N3[C@@H](C#N)[C@H](CC2)N1C)OCO5. The number of methoxy groups -OCH3 is 1. The zero-order valence-corrected chi connectivity index (χ0v) is 28.6. The highest BCUT2D eigenvalue weighted by Gasteiger charge is 2.56. The van der Waals surface area contributed by atoms with E-state index in [-0.39, 0.29) is 37.3 Å². The van der Waals surface area contributed by atoms with E-state index in [0.717, 1.165) is 11.1 Å². The molecule has 0 saturated carbocycles. The number of phenols is 1. The van der Waals surface area contributed by atoms with Gasteiger partial charge in [-0.25, -0.2) is 0 Å². The van der Waals surface area contributed by atoms with Gasteiger partial charge in [-0.2, -0.15) is 18.4 Å². The Morgan fingerprint density at radius 3 is 2.50 bits per heavy atom. The first kappa shape index (κ1) is 35.3. The molecule has 4 aliphatic heterocycles. The molecule has 0 radical (unpaired) electrons. The fraction of sp³-hybridized carbons (Fsp3) is 0.543. The lowest BCUT2D eigenvalue weighted by atomic mass is 9.76. The van der Waals surface area contributed by atoms with Crippen molar-refractivity contribution in [3.05, 3.63) is 39.4 Å². The van der Waals surface area contributed by atoms with Crippen molar-refractivity contribution in [3.63, 3.8) is 0 Å². The molecule has 0 aromatic heterocycles. The number of fused-ring (bicyclic) bond motifs is 9. The number of amides is 1. The molecule has 2 N–H and O–H groups in total. The number of esters is 1. The average molecular weight is 701 g/mol. The number of ether oxygens (including phenoxy) is 4. The lowest BCUT2D eigenvalue weighted by Gasteiger charge is -2.57. The predicted octanol–water partition coefficient (Wildman–Crippen LogP) is 4.11. The van der Waals surface area contributed by atoms with E-state index in [1.807, 2.05) is 24.9 Å². The number of carbonyl (C=O) groups excluding carboxylic acids is 3. The molecule has 1 saturated heterocycles. The van der Waals surface area contributed by atoms with Gasteiger partial charge in [0.25, 0.3) is 0 Å². The Hall–Kier alpha value is -4.55. The van der Waals surface area contributed by atoms with Gasteiger partial charge in [0.2, 0.25) is 18.5 Å². The van der Waals surface area contributed by atoms with E-state index in [4.69, 9.17) is 18.9 Å². The van der Waals surface area contributed by atoms with Crippen LogP contribution >= 0.6 is 0 Å². The summed E-state index contributed by atoms with van der Waals surface area (Å²) in [7, 11) is 3.38. The molecule has 0 spiro atoms. The normalized spacial score (nSPS) is 24.5. The molecule has 268 valence electrons. The van der Waals surface area contributed by atoms with E-state index >= 15 is 0 Å². The lowest BCUT2D eigenvalue weighted by molar-refractivity contribution is -0.172. The van der Waals surface area contributed by atoms with Crippen LogP contribution in [0.25, 0.3) is 0 Å². The Morgan fingerprint density at radius 1 is 1.16 bits per heavy atom. The number of piperazine rings is 1. The highest BCUT2D eigenvalue weighted by molar-refractivity contribution is 5.89. The third-order valence-corrected chi connectivity index (χ3v) is 10.5. The van der Waals surface area contributed by atoms with Crippen LogP contribution < -0.4 is 24.3 Å². The van der Waals surface area contributed by atoms with Crippen LogP contribution in [-0.2, 0) is 27.2 Å². The number of benzene rings is 2. The minimum Gasteiger partial charge on any atom is -0.504 e. The van der Waals surface area contributed by atoms with Crippen molar-refractivity contribution in [3.8, 4) is 34.8 Å². The van der Waals surface area contributed by atoms with Crippen molar-refractivity contribution < 1.29 is 51.6 Å². The minimum absolute atomic E-state index is 0.0174. The van der Waals surface area contributed by atoms with Gasteiger partial charge in [-0.1, -0.05) is 13.0 Å². The second-order valence-electron chi connectivity index (χ2n) is 13.4. The Bertz CT molecular complexity index is 1810. The average Bonchev–Trinajstić information content (AvgIpc) is 3.51. The number of carbonyl (C=O) groups is 3. The summed E-state index contributed by atoms with van der Waals surface area (Å²) >= 11 is 0. The highest BCUT2D eigenvalue weighted by Crippen LogP contribution is 2.58. The summed E-state index contributed by atoms with van der Waals surface area (Å²) in [5.74, 6) is -3.44. The maximum absolute atomic E-state index is 13.3. The van der Waals surface area contributed by atoms with E-state index in [0.29, 0.717) is 52.3 Å². The number of phenolic OH excluding ortho intramolecular Hbond substituents is 1. The third kappa shape index (κ3) is 5.68. The number of rotatable bonds is 7. The second-order valence-corrected chi connectivity index (χ2v) is 13.4. The Kier molecular flexibility index (Phi) is 9.15. The van der Waals surface area contributed by atoms with E-state index in [9.17, 15) is 37.9 Å². The van der Waals surface area contributed by atoms with E-state index in [1.54, 1.807) is 6.92 Å². The van der Waals surface area contributed by atoms with Crippen molar-refractivity contribution in [1.29, 1.82) is 5.26 Å². The number of nitrogens with zero attached hydrogens (tertiary/aromatic N) is 3. The Morgan fingerprint density at radius 2 is 1.86 bits per heavy atom. The highest BCUT2D eigenvalue weighted by atomic mass is 19.4. The molecule has 50 heavy (non-hydrogen) atoms. The summed E-state index contributed by atoms with van der Waals surface area (Å²) < 4.78 is 62.4. The van der Waals surface area contributed by atoms with Gasteiger partial charge in [0, 0.05) is 60.1 Å². The van der Waals surface area contributed by atoms with E-state index in [1.165, 1.54) is 21.0 Å².